The van der Waals surface area contributed by atoms with Crippen LogP contribution < -0.4 is 10.8 Å². The van der Waals surface area contributed by atoms with Crippen LogP contribution in [0.2, 0.25) is 0 Å². The SMILES string of the molecule is CC=CNC(=O)c1ccccc1B(O)O. The Morgan fingerprint density at radius 3 is 2.67 bits per heavy atom. The van der Waals surface area contributed by atoms with Crippen molar-refractivity contribution in [2.45, 2.75) is 6.92 Å². The number of allylic oxidation sites excluding steroid dienone is 1. The first-order valence-electron chi connectivity index (χ1n) is 4.54. The number of amides is 1. The van der Waals surface area contributed by atoms with Crippen LogP contribution in [0.4, 0.5) is 0 Å². The second-order valence-corrected chi connectivity index (χ2v) is 2.93. The van der Waals surface area contributed by atoms with Crippen molar-refractivity contribution >= 4 is 18.5 Å². The van der Waals surface area contributed by atoms with Gasteiger partial charge in [0.05, 0.1) is 0 Å². The van der Waals surface area contributed by atoms with Gasteiger partial charge in [-0.15, -0.1) is 0 Å². The molecule has 5 heteroatoms. The summed E-state index contributed by atoms with van der Waals surface area (Å²) < 4.78 is 0. The Balaban J connectivity index is 2.97. The van der Waals surface area contributed by atoms with E-state index >= 15 is 0 Å². The molecule has 1 amide bonds. The number of hydrogen-bond acceptors (Lipinski definition) is 3. The zero-order chi connectivity index (χ0) is 11.3. The Morgan fingerprint density at radius 1 is 1.40 bits per heavy atom. The summed E-state index contributed by atoms with van der Waals surface area (Å²) in [6.07, 6.45) is 3.17. The van der Waals surface area contributed by atoms with Gasteiger partial charge in [0.2, 0.25) is 0 Å². The van der Waals surface area contributed by atoms with Crippen molar-refractivity contribution < 1.29 is 14.8 Å². The van der Waals surface area contributed by atoms with Crippen LogP contribution in [0.3, 0.4) is 0 Å². The van der Waals surface area contributed by atoms with Gasteiger partial charge >= 0.3 is 7.12 Å². The van der Waals surface area contributed by atoms with Gasteiger partial charge in [-0.2, -0.15) is 0 Å². The molecular weight excluding hydrogens is 193 g/mol. The zero-order valence-electron chi connectivity index (χ0n) is 8.34. The van der Waals surface area contributed by atoms with Crippen molar-refractivity contribution in [3.05, 3.63) is 42.1 Å². The molecule has 4 nitrogen and oxygen atoms in total. The lowest BCUT2D eigenvalue weighted by Crippen LogP contribution is -2.36. The van der Waals surface area contributed by atoms with Crippen LogP contribution in [0.15, 0.2) is 36.5 Å². The van der Waals surface area contributed by atoms with E-state index in [-0.39, 0.29) is 16.9 Å². The van der Waals surface area contributed by atoms with Crippen molar-refractivity contribution in [1.82, 2.24) is 5.32 Å². The summed E-state index contributed by atoms with van der Waals surface area (Å²) in [6, 6.07) is 6.33. The van der Waals surface area contributed by atoms with Crippen molar-refractivity contribution in [3.8, 4) is 0 Å². The van der Waals surface area contributed by atoms with Crippen LogP contribution in [0, 0.1) is 0 Å². The fourth-order valence-corrected chi connectivity index (χ4v) is 1.17. The molecular formula is C10H12BNO3. The van der Waals surface area contributed by atoms with Crippen LogP contribution in [0.1, 0.15) is 17.3 Å². The first-order valence-corrected chi connectivity index (χ1v) is 4.54. The Hall–Kier alpha value is -1.59. The molecule has 0 spiro atoms. The Morgan fingerprint density at radius 2 is 2.07 bits per heavy atom. The minimum absolute atomic E-state index is 0.194. The molecule has 0 radical (unpaired) electrons. The molecule has 0 aromatic heterocycles. The van der Waals surface area contributed by atoms with Gasteiger partial charge < -0.3 is 15.4 Å². The highest BCUT2D eigenvalue weighted by atomic mass is 16.4. The van der Waals surface area contributed by atoms with Crippen LogP contribution in [-0.2, 0) is 0 Å². The molecule has 0 saturated heterocycles. The summed E-state index contributed by atoms with van der Waals surface area (Å²) in [6.45, 7) is 1.77. The third kappa shape index (κ3) is 2.94. The quantitative estimate of drug-likeness (QED) is 0.589. The summed E-state index contributed by atoms with van der Waals surface area (Å²) in [7, 11) is -1.64. The van der Waals surface area contributed by atoms with Crippen molar-refractivity contribution in [1.29, 1.82) is 0 Å². The monoisotopic (exact) mass is 205 g/mol. The maximum atomic E-state index is 11.5. The Kier molecular flexibility index (Phi) is 4.09. The van der Waals surface area contributed by atoms with Crippen molar-refractivity contribution in [2.75, 3.05) is 0 Å². The highest BCUT2D eigenvalue weighted by Gasteiger charge is 2.18. The molecule has 3 N–H and O–H groups in total. The lowest BCUT2D eigenvalue weighted by molar-refractivity contribution is 0.0970. The van der Waals surface area contributed by atoms with E-state index < -0.39 is 7.12 Å². The summed E-state index contributed by atoms with van der Waals surface area (Å²) in [4.78, 5) is 11.5. The third-order valence-electron chi connectivity index (χ3n) is 1.86. The first-order chi connectivity index (χ1) is 7.16. The standard InChI is InChI=1S/C10H12BNO3/c1-2-7-12-10(13)8-5-3-4-6-9(8)11(14)15/h2-7,14-15H,1H3,(H,12,13). The van der Waals surface area contributed by atoms with Gasteiger partial charge in [-0.25, -0.2) is 0 Å². The largest absolute Gasteiger partial charge is 0.489 e. The van der Waals surface area contributed by atoms with E-state index in [1.54, 1.807) is 25.1 Å². The number of rotatable bonds is 3. The molecule has 1 aromatic rings. The van der Waals surface area contributed by atoms with Gasteiger partial charge in [-0.1, -0.05) is 24.3 Å². The van der Waals surface area contributed by atoms with Crippen LogP contribution in [-0.4, -0.2) is 23.1 Å². The Labute approximate surface area is 88.4 Å². The zero-order valence-corrected chi connectivity index (χ0v) is 8.34. The molecule has 0 atom stereocenters. The predicted molar refractivity (Wildman–Crippen MR) is 58.5 cm³/mol. The second kappa shape index (κ2) is 5.33. The topological polar surface area (TPSA) is 69.6 Å². The summed E-state index contributed by atoms with van der Waals surface area (Å²) in [5.74, 6) is -0.364. The molecule has 0 fully saturated rings. The normalized spacial score (nSPS) is 10.3. The molecule has 0 bridgehead atoms. The number of carbonyl (C=O) groups is 1. The second-order valence-electron chi connectivity index (χ2n) is 2.93. The molecule has 0 heterocycles. The average Bonchev–Trinajstić information content (AvgIpc) is 2.25. The molecule has 0 unspecified atom stereocenters. The van der Waals surface area contributed by atoms with Gasteiger partial charge in [0, 0.05) is 5.56 Å². The van der Waals surface area contributed by atoms with Crippen LogP contribution in [0.5, 0.6) is 0 Å². The Bertz CT molecular complexity index is 377. The van der Waals surface area contributed by atoms with Crippen LogP contribution in [0.25, 0.3) is 0 Å². The van der Waals surface area contributed by atoms with Gasteiger partial charge in [0.25, 0.3) is 5.91 Å². The summed E-state index contributed by atoms with van der Waals surface area (Å²) in [5.41, 5.74) is 0.449. The summed E-state index contributed by atoms with van der Waals surface area (Å²) in [5, 5.41) is 20.6. The van der Waals surface area contributed by atoms with Gasteiger partial charge in [0.1, 0.15) is 0 Å². The first kappa shape index (κ1) is 11.5. The average molecular weight is 205 g/mol. The number of nitrogens with one attached hydrogen (secondary N) is 1. The molecule has 15 heavy (non-hydrogen) atoms. The maximum absolute atomic E-state index is 11.5. The number of carbonyl (C=O) groups excluding carboxylic acids is 1. The maximum Gasteiger partial charge on any atom is 0.489 e. The molecule has 0 aliphatic rings. The molecule has 0 saturated carbocycles. The minimum atomic E-state index is -1.64. The van der Waals surface area contributed by atoms with E-state index in [0.29, 0.717) is 0 Å². The summed E-state index contributed by atoms with van der Waals surface area (Å²) >= 11 is 0. The van der Waals surface area contributed by atoms with E-state index in [0.717, 1.165) is 0 Å². The molecule has 78 valence electrons. The molecule has 0 aliphatic heterocycles. The van der Waals surface area contributed by atoms with E-state index in [9.17, 15) is 4.79 Å². The molecule has 0 aliphatic carbocycles. The molecule has 1 aromatic carbocycles. The molecule has 1 rings (SSSR count). The smallest absolute Gasteiger partial charge is 0.423 e. The van der Waals surface area contributed by atoms with Gasteiger partial charge in [-0.05, 0) is 24.7 Å². The van der Waals surface area contributed by atoms with Gasteiger partial charge in [-0.3, -0.25) is 4.79 Å². The van der Waals surface area contributed by atoms with E-state index in [4.69, 9.17) is 10.0 Å². The van der Waals surface area contributed by atoms with Crippen molar-refractivity contribution in [2.24, 2.45) is 0 Å². The predicted octanol–water partition coefficient (Wildman–Crippen LogP) is -0.370. The van der Waals surface area contributed by atoms with Crippen LogP contribution >= 0.6 is 0 Å². The highest BCUT2D eigenvalue weighted by Crippen LogP contribution is 1.97. The van der Waals surface area contributed by atoms with E-state index in [2.05, 4.69) is 5.32 Å². The number of hydrogen-bond donors (Lipinski definition) is 3. The fraction of sp³-hybridized carbons (Fsp3) is 0.100. The van der Waals surface area contributed by atoms with Gasteiger partial charge in [0.15, 0.2) is 0 Å². The fourth-order valence-electron chi connectivity index (χ4n) is 1.17. The lowest BCUT2D eigenvalue weighted by atomic mass is 9.77. The van der Waals surface area contributed by atoms with E-state index in [1.165, 1.54) is 18.3 Å². The van der Waals surface area contributed by atoms with E-state index in [1.807, 2.05) is 0 Å². The highest BCUT2D eigenvalue weighted by molar-refractivity contribution is 6.60. The lowest BCUT2D eigenvalue weighted by Gasteiger charge is -2.06. The third-order valence-corrected chi connectivity index (χ3v) is 1.86. The number of benzene rings is 1. The minimum Gasteiger partial charge on any atom is -0.423 e. The van der Waals surface area contributed by atoms with Crippen molar-refractivity contribution in [3.63, 3.8) is 0 Å².